The van der Waals surface area contributed by atoms with Crippen molar-refractivity contribution in [2.24, 2.45) is 10.8 Å². The molecule has 2 aliphatic rings. The number of rotatable bonds is 5. The van der Waals surface area contributed by atoms with E-state index in [1.807, 2.05) is 0 Å². The summed E-state index contributed by atoms with van der Waals surface area (Å²) in [5, 5.41) is 14.7. The number of aliphatic carboxylic acids is 1. The maximum atomic E-state index is 11.6. The maximum absolute atomic E-state index is 11.6. The first-order valence-electron chi connectivity index (χ1n) is 6.71. The minimum absolute atomic E-state index is 0.240. The molecule has 102 valence electrons. The van der Waals surface area contributed by atoms with Gasteiger partial charge in [0, 0.05) is 13.1 Å². The van der Waals surface area contributed by atoms with Crippen LogP contribution in [-0.2, 0) is 4.79 Å². The molecule has 0 radical (unpaired) electrons. The molecule has 2 aliphatic carbocycles. The van der Waals surface area contributed by atoms with Gasteiger partial charge in [0.05, 0.1) is 5.41 Å². The van der Waals surface area contributed by atoms with Crippen molar-refractivity contribution in [1.29, 1.82) is 0 Å². The number of urea groups is 1. The molecule has 2 fully saturated rings. The second kappa shape index (κ2) is 4.78. The Morgan fingerprint density at radius 1 is 1.06 bits per heavy atom. The van der Waals surface area contributed by atoms with E-state index in [9.17, 15) is 9.59 Å². The summed E-state index contributed by atoms with van der Waals surface area (Å²) in [6, 6.07) is -0.240. The SMILES string of the molecule is CC1(CNC(=O)NCC2(C(=O)O)CCC2)CCC1. The van der Waals surface area contributed by atoms with E-state index in [1.165, 1.54) is 6.42 Å². The first kappa shape index (κ1) is 13.2. The lowest BCUT2D eigenvalue weighted by Gasteiger charge is -2.39. The highest BCUT2D eigenvalue weighted by Crippen LogP contribution is 2.41. The molecule has 0 aliphatic heterocycles. The van der Waals surface area contributed by atoms with Gasteiger partial charge in [-0.2, -0.15) is 0 Å². The molecule has 3 N–H and O–H groups in total. The van der Waals surface area contributed by atoms with Crippen molar-refractivity contribution in [2.75, 3.05) is 13.1 Å². The van der Waals surface area contributed by atoms with Gasteiger partial charge in [-0.15, -0.1) is 0 Å². The molecule has 0 saturated heterocycles. The van der Waals surface area contributed by atoms with Crippen molar-refractivity contribution in [3.8, 4) is 0 Å². The first-order chi connectivity index (χ1) is 8.46. The fourth-order valence-electron chi connectivity index (χ4n) is 2.63. The summed E-state index contributed by atoms with van der Waals surface area (Å²) in [6.07, 6.45) is 5.83. The molecule has 18 heavy (non-hydrogen) atoms. The third kappa shape index (κ3) is 2.60. The zero-order chi connectivity index (χ0) is 13.2. The highest BCUT2D eigenvalue weighted by Gasteiger charge is 2.44. The predicted octanol–water partition coefficient (Wildman–Crippen LogP) is 1.73. The second-order valence-corrected chi connectivity index (χ2v) is 6.14. The van der Waals surface area contributed by atoms with Crippen LogP contribution in [0, 0.1) is 10.8 Å². The normalized spacial score (nSPS) is 23.4. The lowest BCUT2D eigenvalue weighted by molar-refractivity contribution is -0.153. The lowest BCUT2D eigenvalue weighted by atomic mass is 9.69. The summed E-state index contributed by atoms with van der Waals surface area (Å²) >= 11 is 0. The summed E-state index contributed by atoms with van der Waals surface area (Å²) in [5.74, 6) is -0.792. The summed E-state index contributed by atoms with van der Waals surface area (Å²) in [7, 11) is 0. The monoisotopic (exact) mass is 254 g/mol. The lowest BCUT2D eigenvalue weighted by Crippen LogP contribution is -2.51. The van der Waals surface area contributed by atoms with Gasteiger partial charge in [0.1, 0.15) is 0 Å². The first-order valence-corrected chi connectivity index (χ1v) is 6.71. The summed E-state index contributed by atoms with van der Waals surface area (Å²) in [5.41, 5.74) is -0.462. The molecular weight excluding hydrogens is 232 g/mol. The van der Waals surface area contributed by atoms with Crippen molar-refractivity contribution in [2.45, 2.75) is 45.4 Å². The Hall–Kier alpha value is -1.26. The minimum Gasteiger partial charge on any atom is -0.481 e. The fraction of sp³-hybridized carbons (Fsp3) is 0.846. The molecule has 0 aromatic rings. The molecule has 5 heteroatoms. The molecule has 0 aromatic carbocycles. The van der Waals surface area contributed by atoms with Crippen molar-refractivity contribution in [3.63, 3.8) is 0 Å². The number of carbonyl (C=O) groups excluding carboxylic acids is 1. The van der Waals surface area contributed by atoms with Gasteiger partial charge in [0.25, 0.3) is 0 Å². The Balaban J connectivity index is 1.69. The van der Waals surface area contributed by atoms with Crippen LogP contribution < -0.4 is 10.6 Å². The van der Waals surface area contributed by atoms with Gasteiger partial charge in [0.2, 0.25) is 0 Å². The van der Waals surface area contributed by atoms with Gasteiger partial charge >= 0.3 is 12.0 Å². The zero-order valence-corrected chi connectivity index (χ0v) is 10.9. The van der Waals surface area contributed by atoms with Crippen LogP contribution in [0.3, 0.4) is 0 Å². The van der Waals surface area contributed by atoms with Crippen LogP contribution in [0.15, 0.2) is 0 Å². The molecule has 0 heterocycles. The van der Waals surface area contributed by atoms with Crippen LogP contribution in [-0.4, -0.2) is 30.2 Å². The van der Waals surface area contributed by atoms with Gasteiger partial charge in [-0.1, -0.05) is 19.8 Å². The fourth-order valence-corrected chi connectivity index (χ4v) is 2.63. The molecule has 5 nitrogen and oxygen atoms in total. The van der Waals surface area contributed by atoms with E-state index >= 15 is 0 Å². The largest absolute Gasteiger partial charge is 0.481 e. The van der Waals surface area contributed by atoms with Crippen LogP contribution in [0.5, 0.6) is 0 Å². The Morgan fingerprint density at radius 2 is 1.61 bits per heavy atom. The third-order valence-corrected chi connectivity index (χ3v) is 4.59. The zero-order valence-electron chi connectivity index (χ0n) is 10.9. The Labute approximate surface area is 107 Å². The third-order valence-electron chi connectivity index (χ3n) is 4.59. The Kier molecular flexibility index (Phi) is 3.50. The summed E-state index contributed by atoms with van der Waals surface area (Å²) in [6.45, 7) is 3.09. The van der Waals surface area contributed by atoms with Crippen LogP contribution in [0.25, 0.3) is 0 Å². The molecule has 2 amide bonds. The standard InChI is InChI=1S/C13H22N2O3/c1-12(4-2-5-12)8-14-11(18)15-9-13(10(16)17)6-3-7-13/h2-9H2,1H3,(H,16,17)(H2,14,15,18). The number of nitrogens with one attached hydrogen (secondary N) is 2. The highest BCUT2D eigenvalue weighted by atomic mass is 16.4. The Bertz CT molecular complexity index is 346. The molecule has 2 rings (SSSR count). The molecule has 0 bridgehead atoms. The van der Waals surface area contributed by atoms with Crippen LogP contribution in [0.1, 0.15) is 45.4 Å². The van der Waals surface area contributed by atoms with Gasteiger partial charge in [0.15, 0.2) is 0 Å². The maximum Gasteiger partial charge on any atom is 0.314 e. The summed E-state index contributed by atoms with van der Waals surface area (Å²) < 4.78 is 0. The van der Waals surface area contributed by atoms with E-state index in [4.69, 9.17) is 5.11 Å². The Morgan fingerprint density at radius 3 is 2.00 bits per heavy atom. The number of carboxylic acids is 1. The molecule has 0 unspecified atom stereocenters. The van der Waals surface area contributed by atoms with Crippen LogP contribution in [0.4, 0.5) is 4.79 Å². The number of hydrogen-bond acceptors (Lipinski definition) is 2. The van der Waals surface area contributed by atoms with E-state index in [0.717, 1.165) is 19.3 Å². The van der Waals surface area contributed by atoms with Gasteiger partial charge in [-0.05, 0) is 31.1 Å². The number of carbonyl (C=O) groups is 2. The second-order valence-electron chi connectivity index (χ2n) is 6.14. The minimum atomic E-state index is -0.792. The van der Waals surface area contributed by atoms with Crippen molar-refractivity contribution < 1.29 is 14.7 Å². The van der Waals surface area contributed by atoms with Gasteiger partial charge < -0.3 is 15.7 Å². The molecule has 2 saturated carbocycles. The van der Waals surface area contributed by atoms with E-state index in [-0.39, 0.29) is 18.0 Å². The summed E-state index contributed by atoms with van der Waals surface area (Å²) in [4.78, 5) is 22.7. The van der Waals surface area contributed by atoms with Crippen molar-refractivity contribution in [1.82, 2.24) is 10.6 Å². The highest BCUT2D eigenvalue weighted by molar-refractivity contribution is 5.78. The topological polar surface area (TPSA) is 78.4 Å². The number of hydrogen-bond donors (Lipinski definition) is 3. The average molecular weight is 254 g/mol. The molecule has 0 spiro atoms. The smallest absolute Gasteiger partial charge is 0.314 e. The van der Waals surface area contributed by atoms with E-state index in [1.54, 1.807) is 0 Å². The molecule has 0 atom stereocenters. The van der Waals surface area contributed by atoms with Crippen molar-refractivity contribution >= 4 is 12.0 Å². The van der Waals surface area contributed by atoms with Gasteiger partial charge in [-0.3, -0.25) is 4.79 Å². The quantitative estimate of drug-likeness (QED) is 0.699. The number of carboxylic acid groups (broad SMARTS) is 1. The molecule has 0 aromatic heterocycles. The molecular formula is C13H22N2O3. The van der Waals surface area contributed by atoms with E-state index < -0.39 is 11.4 Å². The number of amides is 2. The van der Waals surface area contributed by atoms with E-state index in [0.29, 0.717) is 19.4 Å². The van der Waals surface area contributed by atoms with Crippen LogP contribution in [0.2, 0.25) is 0 Å². The predicted molar refractivity (Wildman–Crippen MR) is 67.3 cm³/mol. The van der Waals surface area contributed by atoms with Gasteiger partial charge in [-0.25, -0.2) is 4.79 Å². The van der Waals surface area contributed by atoms with Crippen LogP contribution >= 0.6 is 0 Å². The van der Waals surface area contributed by atoms with Crippen molar-refractivity contribution in [3.05, 3.63) is 0 Å². The average Bonchev–Trinajstić information content (AvgIpc) is 2.21. The van der Waals surface area contributed by atoms with E-state index in [2.05, 4.69) is 17.6 Å².